The summed E-state index contributed by atoms with van der Waals surface area (Å²) in [6.45, 7) is 5.41. The van der Waals surface area contributed by atoms with Crippen LogP contribution in [-0.2, 0) is 14.3 Å². The number of rotatable bonds is 5. The van der Waals surface area contributed by atoms with Crippen LogP contribution in [0.2, 0.25) is 0 Å². The van der Waals surface area contributed by atoms with Crippen LogP contribution < -0.4 is 5.32 Å². The fourth-order valence-electron chi connectivity index (χ4n) is 1.53. The first-order valence-electron chi connectivity index (χ1n) is 6.46. The van der Waals surface area contributed by atoms with Crippen molar-refractivity contribution >= 4 is 29.3 Å². The highest BCUT2D eigenvalue weighted by Crippen LogP contribution is 2.19. The summed E-state index contributed by atoms with van der Waals surface area (Å²) in [5.74, 6) is -0.542. The molecule has 0 aromatic heterocycles. The molecule has 0 saturated heterocycles. The van der Waals surface area contributed by atoms with Crippen molar-refractivity contribution in [3.05, 3.63) is 24.3 Å². The second-order valence-electron chi connectivity index (χ2n) is 5.37. The lowest BCUT2D eigenvalue weighted by molar-refractivity contribution is -0.155. The zero-order chi connectivity index (χ0) is 15.2. The van der Waals surface area contributed by atoms with Crippen molar-refractivity contribution in [3.63, 3.8) is 0 Å². The molecule has 0 spiro atoms. The third-order valence-electron chi connectivity index (χ3n) is 2.33. The van der Waals surface area contributed by atoms with Crippen molar-refractivity contribution in [1.82, 2.24) is 0 Å². The maximum Gasteiger partial charge on any atom is 0.306 e. The first-order chi connectivity index (χ1) is 9.30. The van der Waals surface area contributed by atoms with Crippen LogP contribution in [0, 0.1) is 0 Å². The maximum absolute atomic E-state index is 11.8. The van der Waals surface area contributed by atoms with Crippen LogP contribution >= 0.6 is 11.8 Å². The molecule has 1 N–H and O–H groups in total. The van der Waals surface area contributed by atoms with E-state index in [4.69, 9.17) is 4.74 Å². The smallest absolute Gasteiger partial charge is 0.306 e. The molecule has 0 fully saturated rings. The summed E-state index contributed by atoms with van der Waals surface area (Å²) in [7, 11) is 0. The molecule has 1 rings (SSSR count). The van der Waals surface area contributed by atoms with E-state index < -0.39 is 5.60 Å². The molecule has 0 atom stereocenters. The van der Waals surface area contributed by atoms with E-state index in [-0.39, 0.29) is 24.7 Å². The second-order valence-corrected chi connectivity index (χ2v) is 6.25. The Morgan fingerprint density at radius 3 is 2.55 bits per heavy atom. The number of carbonyl (C=O) groups is 2. The van der Waals surface area contributed by atoms with Gasteiger partial charge in [-0.1, -0.05) is 6.07 Å². The number of carbonyl (C=O) groups excluding carboxylic acids is 2. The Hall–Kier alpha value is -1.49. The predicted molar refractivity (Wildman–Crippen MR) is 81.9 cm³/mol. The number of ether oxygens (including phenoxy) is 1. The lowest BCUT2D eigenvalue weighted by Crippen LogP contribution is -2.24. The van der Waals surface area contributed by atoms with E-state index in [1.165, 1.54) is 0 Å². The minimum absolute atomic E-state index is 0.0886. The average Bonchev–Trinajstić information content (AvgIpc) is 2.34. The second kappa shape index (κ2) is 7.33. The Balaban J connectivity index is 2.42. The third-order valence-corrected chi connectivity index (χ3v) is 3.06. The van der Waals surface area contributed by atoms with E-state index in [0.717, 1.165) is 10.6 Å². The van der Waals surface area contributed by atoms with Crippen molar-refractivity contribution in [2.24, 2.45) is 0 Å². The van der Waals surface area contributed by atoms with Crippen LogP contribution in [0.4, 0.5) is 5.69 Å². The van der Waals surface area contributed by atoms with Gasteiger partial charge in [-0.3, -0.25) is 9.59 Å². The fourth-order valence-corrected chi connectivity index (χ4v) is 1.99. The molecule has 1 aromatic carbocycles. The molecular weight excluding hydrogens is 274 g/mol. The summed E-state index contributed by atoms with van der Waals surface area (Å²) in [6, 6.07) is 7.58. The van der Waals surface area contributed by atoms with Crippen molar-refractivity contribution in [2.75, 3.05) is 11.6 Å². The third kappa shape index (κ3) is 6.61. The van der Waals surface area contributed by atoms with Gasteiger partial charge in [-0.05, 0) is 45.2 Å². The quantitative estimate of drug-likeness (QED) is 0.667. The van der Waals surface area contributed by atoms with E-state index in [2.05, 4.69) is 5.32 Å². The Labute approximate surface area is 124 Å². The van der Waals surface area contributed by atoms with Gasteiger partial charge in [0.2, 0.25) is 5.91 Å². The number of hydrogen-bond acceptors (Lipinski definition) is 4. The first kappa shape index (κ1) is 16.6. The van der Waals surface area contributed by atoms with Crippen LogP contribution in [-0.4, -0.2) is 23.7 Å². The molecule has 0 unspecified atom stereocenters. The molecule has 0 aliphatic heterocycles. The number of hydrogen-bond donors (Lipinski definition) is 1. The van der Waals surface area contributed by atoms with Crippen LogP contribution in [0.15, 0.2) is 29.2 Å². The van der Waals surface area contributed by atoms with Crippen LogP contribution in [0.5, 0.6) is 0 Å². The summed E-state index contributed by atoms with van der Waals surface area (Å²) in [5, 5.41) is 2.77. The van der Waals surface area contributed by atoms with Gasteiger partial charge in [-0.15, -0.1) is 11.8 Å². The Morgan fingerprint density at radius 1 is 1.25 bits per heavy atom. The summed E-state index contributed by atoms with van der Waals surface area (Å²) < 4.78 is 5.15. The highest BCUT2D eigenvalue weighted by molar-refractivity contribution is 7.98. The van der Waals surface area contributed by atoms with E-state index in [1.54, 1.807) is 32.5 Å². The summed E-state index contributed by atoms with van der Waals surface area (Å²) in [6.07, 6.45) is 2.19. The summed E-state index contributed by atoms with van der Waals surface area (Å²) in [4.78, 5) is 24.3. The van der Waals surface area contributed by atoms with Gasteiger partial charge in [0, 0.05) is 17.0 Å². The zero-order valence-corrected chi connectivity index (χ0v) is 13.2. The molecule has 1 amide bonds. The summed E-state index contributed by atoms with van der Waals surface area (Å²) in [5.41, 5.74) is 0.228. The van der Waals surface area contributed by atoms with E-state index in [9.17, 15) is 9.59 Å². The molecule has 4 nitrogen and oxygen atoms in total. The topological polar surface area (TPSA) is 55.4 Å². The molecule has 0 bridgehead atoms. The number of esters is 1. The van der Waals surface area contributed by atoms with Crippen molar-refractivity contribution in [3.8, 4) is 0 Å². The van der Waals surface area contributed by atoms with Crippen molar-refractivity contribution in [1.29, 1.82) is 0 Å². The average molecular weight is 295 g/mol. The molecule has 0 aliphatic rings. The van der Waals surface area contributed by atoms with E-state index in [0.29, 0.717) is 0 Å². The standard InChI is InChI=1S/C15H21NO3S/c1-15(2,3)19-14(18)9-8-13(17)16-11-6-5-7-12(10-11)20-4/h5-7,10H,8-9H2,1-4H3,(H,16,17). The normalized spacial score (nSPS) is 11.0. The number of thioether (sulfide) groups is 1. The number of nitrogens with one attached hydrogen (secondary N) is 1. The lowest BCUT2D eigenvalue weighted by Gasteiger charge is -2.19. The number of amides is 1. The van der Waals surface area contributed by atoms with Gasteiger partial charge < -0.3 is 10.1 Å². The maximum atomic E-state index is 11.8. The van der Waals surface area contributed by atoms with Gasteiger partial charge in [0.1, 0.15) is 5.60 Å². The molecule has 20 heavy (non-hydrogen) atoms. The highest BCUT2D eigenvalue weighted by atomic mass is 32.2. The number of anilines is 1. The Kier molecular flexibility index (Phi) is 6.07. The molecule has 1 aromatic rings. The van der Waals surface area contributed by atoms with Crippen LogP contribution in [0.3, 0.4) is 0 Å². The molecular formula is C15H21NO3S. The monoisotopic (exact) mass is 295 g/mol. The molecule has 0 heterocycles. The van der Waals surface area contributed by atoms with Crippen molar-refractivity contribution < 1.29 is 14.3 Å². The fraction of sp³-hybridized carbons (Fsp3) is 0.467. The van der Waals surface area contributed by atoms with E-state index >= 15 is 0 Å². The Bertz CT molecular complexity index is 480. The minimum atomic E-state index is -0.514. The van der Waals surface area contributed by atoms with Crippen LogP contribution in [0.25, 0.3) is 0 Å². The molecule has 0 aliphatic carbocycles. The van der Waals surface area contributed by atoms with Crippen LogP contribution in [0.1, 0.15) is 33.6 Å². The van der Waals surface area contributed by atoms with Gasteiger partial charge in [-0.25, -0.2) is 0 Å². The summed E-state index contributed by atoms with van der Waals surface area (Å²) >= 11 is 1.61. The zero-order valence-electron chi connectivity index (χ0n) is 12.4. The van der Waals surface area contributed by atoms with Gasteiger partial charge in [-0.2, -0.15) is 0 Å². The van der Waals surface area contributed by atoms with Crippen molar-refractivity contribution in [2.45, 2.75) is 44.1 Å². The molecule has 110 valence electrons. The SMILES string of the molecule is CSc1cccc(NC(=O)CCC(=O)OC(C)(C)C)c1. The Morgan fingerprint density at radius 2 is 1.95 bits per heavy atom. The van der Waals surface area contributed by atoms with Gasteiger partial charge in [0.25, 0.3) is 0 Å². The first-order valence-corrected chi connectivity index (χ1v) is 7.68. The lowest BCUT2D eigenvalue weighted by atomic mass is 10.2. The minimum Gasteiger partial charge on any atom is -0.460 e. The highest BCUT2D eigenvalue weighted by Gasteiger charge is 2.17. The van der Waals surface area contributed by atoms with E-state index in [1.807, 2.05) is 30.5 Å². The van der Waals surface area contributed by atoms with Gasteiger partial charge in [0.05, 0.1) is 6.42 Å². The molecule has 0 radical (unpaired) electrons. The number of benzene rings is 1. The predicted octanol–water partition coefficient (Wildman–Crippen LogP) is 3.47. The van der Waals surface area contributed by atoms with Gasteiger partial charge >= 0.3 is 5.97 Å². The van der Waals surface area contributed by atoms with Gasteiger partial charge in [0.15, 0.2) is 0 Å². The molecule has 5 heteroatoms. The molecule has 0 saturated carbocycles. The largest absolute Gasteiger partial charge is 0.460 e.